The topological polar surface area (TPSA) is 23.9 Å². The molecule has 0 saturated carbocycles. The molecule has 0 aliphatic heterocycles. The molecule has 0 aromatic rings. The molecule has 0 bridgehead atoms. The molecule has 0 fully saturated rings. The third-order valence-corrected chi connectivity index (χ3v) is 0.938. The van der Waals surface area contributed by atoms with E-state index in [1.165, 1.54) is 6.21 Å². The zero-order valence-corrected chi connectivity index (χ0v) is 5.52. The van der Waals surface area contributed by atoms with E-state index in [9.17, 15) is 0 Å². The van der Waals surface area contributed by atoms with E-state index in [1.807, 2.05) is 13.0 Å². The lowest BCUT2D eigenvalue weighted by atomic mass is 10.2. The first-order valence-electron chi connectivity index (χ1n) is 2.98. The van der Waals surface area contributed by atoms with Gasteiger partial charge in [-0.25, -0.2) is 0 Å². The summed E-state index contributed by atoms with van der Waals surface area (Å²) in [4.78, 5) is 0. The van der Waals surface area contributed by atoms with Gasteiger partial charge in [0.15, 0.2) is 0 Å². The van der Waals surface area contributed by atoms with Crippen LogP contribution in [-0.4, -0.2) is 6.21 Å². The van der Waals surface area contributed by atoms with Crippen LogP contribution in [0.25, 0.3) is 0 Å². The number of hydrogen-bond donors (Lipinski definition) is 1. The second-order valence-electron chi connectivity index (χ2n) is 1.86. The van der Waals surface area contributed by atoms with E-state index in [-0.39, 0.29) is 0 Å². The van der Waals surface area contributed by atoms with Crippen LogP contribution in [0.15, 0.2) is 12.2 Å². The van der Waals surface area contributed by atoms with Gasteiger partial charge in [-0.3, -0.25) is 0 Å². The third kappa shape index (κ3) is 3.59. The van der Waals surface area contributed by atoms with Crippen molar-refractivity contribution in [2.24, 2.45) is 5.92 Å². The highest BCUT2D eigenvalue weighted by molar-refractivity contribution is 5.58. The summed E-state index contributed by atoms with van der Waals surface area (Å²) in [5.74, 6) is 0.315. The van der Waals surface area contributed by atoms with Crippen LogP contribution in [0.2, 0.25) is 0 Å². The molecular weight excluding hydrogens is 98.1 g/mol. The van der Waals surface area contributed by atoms with Gasteiger partial charge < -0.3 is 5.41 Å². The Morgan fingerprint density at radius 3 is 2.62 bits per heavy atom. The van der Waals surface area contributed by atoms with Crippen LogP contribution >= 0.6 is 0 Å². The summed E-state index contributed by atoms with van der Waals surface area (Å²) in [6.45, 7) is 4.09. The van der Waals surface area contributed by atoms with E-state index < -0.39 is 0 Å². The molecule has 0 aromatic carbocycles. The van der Waals surface area contributed by atoms with Crippen molar-refractivity contribution in [1.29, 1.82) is 5.41 Å². The molecule has 0 saturated heterocycles. The summed E-state index contributed by atoms with van der Waals surface area (Å²) in [6.07, 6.45) is 6.62. The second-order valence-corrected chi connectivity index (χ2v) is 1.86. The monoisotopic (exact) mass is 111 g/mol. The lowest BCUT2D eigenvalue weighted by molar-refractivity contribution is 1.00. The minimum Gasteiger partial charge on any atom is -0.313 e. The standard InChI is InChI=1S/C7H13N/c1-3-4-5-7(2)6-8/h4-8H,3H2,1-2H3/b5-4+,8-6?. The summed E-state index contributed by atoms with van der Waals surface area (Å²) in [6, 6.07) is 0. The summed E-state index contributed by atoms with van der Waals surface area (Å²) in [5, 5.41) is 6.81. The van der Waals surface area contributed by atoms with Gasteiger partial charge in [0.1, 0.15) is 0 Å². The van der Waals surface area contributed by atoms with Gasteiger partial charge in [0.2, 0.25) is 0 Å². The van der Waals surface area contributed by atoms with Gasteiger partial charge in [0.25, 0.3) is 0 Å². The van der Waals surface area contributed by atoms with Crippen molar-refractivity contribution < 1.29 is 0 Å². The molecule has 0 heterocycles. The van der Waals surface area contributed by atoms with Crippen molar-refractivity contribution in [2.45, 2.75) is 20.3 Å². The van der Waals surface area contributed by atoms with E-state index in [1.54, 1.807) is 0 Å². The van der Waals surface area contributed by atoms with Crippen LogP contribution < -0.4 is 0 Å². The molecule has 0 radical (unpaired) electrons. The molecule has 0 aliphatic carbocycles. The summed E-state index contributed by atoms with van der Waals surface area (Å²) < 4.78 is 0. The lowest BCUT2D eigenvalue weighted by Crippen LogP contribution is -1.86. The predicted octanol–water partition coefficient (Wildman–Crippen LogP) is 2.24. The molecule has 0 aromatic heterocycles. The fourth-order valence-corrected chi connectivity index (χ4v) is 0.406. The highest BCUT2D eigenvalue weighted by atomic mass is 14.3. The average Bonchev–Trinajstić information content (AvgIpc) is 1.83. The fourth-order valence-electron chi connectivity index (χ4n) is 0.406. The molecule has 0 amide bonds. The van der Waals surface area contributed by atoms with Crippen LogP contribution in [0.1, 0.15) is 20.3 Å². The van der Waals surface area contributed by atoms with Gasteiger partial charge in [-0.1, -0.05) is 26.0 Å². The Bertz CT molecular complexity index is 84.4. The molecule has 46 valence electrons. The molecule has 0 aliphatic rings. The van der Waals surface area contributed by atoms with Crippen molar-refractivity contribution in [3.8, 4) is 0 Å². The smallest absolute Gasteiger partial charge is 0.00864 e. The Hall–Kier alpha value is -0.590. The first-order chi connectivity index (χ1) is 3.81. The number of rotatable bonds is 3. The van der Waals surface area contributed by atoms with E-state index in [4.69, 9.17) is 5.41 Å². The van der Waals surface area contributed by atoms with E-state index in [0.717, 1.165) is 6.42 Å². The average molecular weight is 111 g/mol. The van der Waals surface area contributed by atoms with Gasteiger partial charge >= 0.3 is 0 Å². The number of nitrogens with one attached hydrogen (secondary N) is 1. The minimum absolute atomic E-state index is 0.315. The maximum absolute atomic E-state index is 6.81. The summed E-state index contributed by atoms with van der Waals surface area (Å²) in [7, 11) is 0. The van der Waals surface area contributed by atoms with Gasteiger partial charge in [0.05, 0.1) is 0 Å². The van der Waals surface area contributed by atoms with E-state index >= 15 is 0 Å². The molecule has 0 rings (SSSR count). The maximum atomic E-state index is 6.81. The molecule has 1 N–H and O–H groups in total. The highest BCUT2D eigenvalue weighted by Gasteiger charge is 1.84. The normalized spacial score (nSPS) is 14.2. The van der Waals surface area contributed by atoms with Crippen LogP contribution in [0.4, 0.5) is 0 Å². The van der Waals surface area contributed by atoms with Gasteiger partial charge in [0, 0.05) is 12.1 Å². The van der Waals surface area contributed by atoms with Gasteiger partial charge in [-0.15, -0.1) is 0 Å². The molecular formula is C7H13N. The van der Waals surface area contributed by atoms with Crippen LogP contribution in [0.5, 0.6) is 0 Å². The number of hydrogen-bond acceptors (Lipinski definition) is 1. The Balaban J connectivity index is 3.35. The van der Waals surface area contributed by atoms with Crippen molar-refractivity contribution in [3.05, 3.63) is 12.2 Å². The largest absolute Gasteiger partial charge is 0.313 e. The van der Waals surface area contributed by atoms with Crippen LogP contribution in [-0.2, 0) is 0 Å². The first-order valence-corrected chi connectivity index (χ1v) is 2.98. The van der Waals surface area contributed by atoms with Gasteiger partial charge in [-0.2, -0.15) is 0 Å². The second kappa shape index (κ2) is 4.57. The molecule has 1 nitrogen and oxygen atoms in total. The van der Waals surface area contributed by atoms with Crippen molar-refractivity contribution in [2.75, 3.05) is 0 Å². The van der Waals surface area contributed by atoms with Crippen molar-refractivity contribution >= 4 is 6.21 Å². The Morgan fingerprint density at radius 1 is 1.62 bits per heavy atom. The Kier molecular flexibility index (Phi) is 4.23. The van der Waals surface area contributed by atoms with Crippen LogP contribution in [0.3, 0.4) is 0 Å². The predicted molar refractivity (Wildman–Crippen MR) is 37.4 cm³/mol. The fraction of sp³-hybridized carbons (Fsp3) is 0.571. The summed E-state index contributed by atoms with van der Waals surface area (Å²) >= 11 is 0. The molecule has 1 heteroatoms. The molecule has 1 unspecified atom stereocenters. The SMILES string of the molecule is CC/C=C/C(C)C=N. The highest BCUT2D eigenvalue weighted by Crippen LogP contribution is 1.91. The van der Waals surface area contributed by atoms with Crippen LogP contribution in [0, 0.1) is 11.3 Å². The lowest BCUT2D eigenvalue weighted by Gasteiger charge is -1.90. The Morgan fingerprint density at radius 2 is 2.25 bits per heavy atom. The van der Waals surface area contributed by atoms with E-state index in [2.05, 4.69) is 13.0 Å². The van der Waals surface area contributed by atoms with E-state index in [0.29, 0.717) is 5.92 Å². The first kappa shape index (κ1) is 7.41. The minimum atomic E-state index is 0.315. The third-order valence-electron chi connectivity index (χ3n) is 0.938. The zero-order valence-electron chi connectivity index (χ0n) is 5.52. The Labute approximate surface area is 50.9 Å². The molecule has 1 atom stereocenters. The van der Waals surface area contributed by atoms with Crippen molar-refractivity contribution in [1.82, 2.24) is 0 Å². The number of allylic oxidation sites excluding steroid dienone is 2. The maximum Gasteiger partial charge on any atom is 0.00864 e. The van der Waals surface area contributed by atoms with Gasteiger partial charge in [-0.05, 0) is 6.42 Å². The summed E-state index contributed by atoms with van der Waals surface area (Å²) in [5.41, 5.74) is 0. The molecule has 0 spiro atoms. The quantitative estimate of drug-likeness (QED) is 0.426. The zero-order chi connectivity index (χ0) is 6.41. The van der Waals surface area contributed by atoms with Crippen molar-refractivity contribution in [3.63, 3.8) is 0 Å². The molecule has 8 heavy (non-hydrogen) atoms.